The monoisotopic (exact) mass is 589 g/mol. The van der Waals surface area contributed by atoms with Crippen LogP contribution in [0.3, 0.4) is 0 Å². The molecule has 0 N–H and O–H groups in total. The molecule has 4 rings (SSSR count). The molecular weight excluding hydrogens is 546 g/mol. The number of hydrogen-bond acceptors (Lipinski definition) is 8. The van der Waals surface area contributed by atoms with Gasteiger partial charge in [0.1, 0.15) is 11.4 Å². The van der Waals surface area contributed by atoms with E-state index in [1.807, 2.05) is 51.4 Å². The van der Waals surface area contributed by atoms with E-state index in [9.17, 15) is 4.79 Å². The summed E-state index contributed by atoms with van der Waals surface area (Å²) < 4.78 is 12.1. The predicted molar refractivity (Wildman–Crippen MR) is 172 cm³/mol. The Hall–Kier alpha value is -3.56. The molecule has 0 saturated carbocycles. The Morgan fingerprint density at radius 2 is 1.90 bits per heavy atom. The summed E-state index contributed by atoms with van der Waals surface area (Å²) in [6.45, 7) is 10.3. The van der Waals surface area contributed by atoms with Gasteiger partial charge in [0.05, 0.1) is 18.3 Å². The maximum Gasteiger partial charge on any atom is 0.410 e. The molecule has 9 heteroatoms. The average molecular weight is 590 g/mol. The van der Waals surface area contributed by atoms with E-state index in [1.54, 1.807) is 23.7 Å². The normalized spacial score (nSPS) is 15.3. The van der Waals surface area contributed by atoms with Crippen LogP contribution in [0, 0.1) is 0 Å². The average Bonchev–Trinajstić information content (AvgIpc) is 3.12. The van der Waals surface area contributed by atoms with Crippen LogP contribution >= 0.6 is 11.8 Å². The van der Waals surface area contributed by atoms with E-state index in [1.165, 1.54) is 0 Å². The summed E-state index contributed by atoms with van der Waals surface area (Å²) in [5, 5.41) is 0.772. The van der Waals surface area contributed by atoms with Crippen molar-refractivity contribution in [2.45, 2.75) is 57.6 Å². The number of likely N-dealkylation sites (N-methyl/N-ethyl adjacent to an activating group) is 1. The van der Waals surface area contributed by atoms with Crippen LogP contribution in [-0.4, -0.2) is 66.5 Å². The summed E-state index contributed by atoms with van der Waals surface area (Å²) in [4.78, 5) is 28.1. The highest BCUT2D eigenvalue weighted by Gasteiger charge is 2.25. The number of allylic oxidation sites excluding steroid dienone is 1. The molecule has 1 atom stereocenters. The van der Waals surface area contributed by atoms with Crippen LogP contribution in [0.5, 0.6) is 0 Å². The third kappa shape index (κ3) is 8.04. The molecule has 0 radical (unpaired) electrons. The zero-order valence-electron chi connectivity index (χ0n) is 25.8. The smallest absolute Gasteiger partial charge is 0.410 e. The molecule has 0 saturated heterocycles. The van der Waals surface area contributed by atoms with E-state index < -0.39 is 5.60 Å². The molecule has 1 aliphatic heterocycles. The van der Waals surface area contributed by atoms with Crippen molar-refractivity contribution in [2.24, 2.45) is 0 Å². The molecule has 3 aromatic rings. The Bertz CT molecular complexity index is 1380. The quantitative estimate of drug-likeness (QED) is 0.195. The lowest BCUT2D eigenvalue weighted by atomic mass is 10.1. The van der Waals surface area contributed by atoms with E-state index in [4.69, 9.17) is 14.5 Å². The van der Waals surface area contributed by atoms with Gasteiger partial charge in [-0.15, -0.1) is 0 Å². The van der Waals surface area contributed by atoms with Gasteiger partial charge >= 0.3 is 6.09 Å². The Kier molecular flexibility index (Phi) is 10.5. The molecular formula is C33H43N5O3S. The minimum atomic E-state index is -0.534. The number of aromatic nitrogens is 2. The fourth-order valence-electron chi connectivity index (χ4n) is 4.90. The molecule has 0 aliphatic carbocycles. The number of nitrogens with zero attached hydrogens (tertiary/aromatic N) is 5. The molecule has 1 aliphatic rings. The second kappa shape index (κ2) is 14.1. The largest absolute Gasteiger partial charge is 0.444 e. The fourth-order valence-corrected chi connectivity index (χ4v) is 5.23. The number of amides is 1. The highest BCUT2D eigenvalue weighted by atomic mass is 32.2. The van der Waals surface area contributed by atoms with Crippen LogP contribution in [-0.2, 0) is 16.1 Å². The van der Waals surface area contributed by atoms with Crippen LogP contribution in [0.2, 0.25) is 0 Å². The summed E-state index contributed by atoms with van der Waals surface area (Å²) in [7, 11) is 3.85. The van der Waals surface area contributed by atoms with Gasteiger partial charge in [0.15, 0.2) is 5.16 Å². The van der Waals surface area contributed by atoms with Gasteiger partial charge in [0, 0.05) is 51.3 Å². The van der Waals surface area contributed by atoms with Crippen LogP contribution in [0.25, 0.3) is 5.70 Å². The van der Waals surface area contributed by atoms with Crippen molar-refractivity contribution in [1.29, 1.82) is 0 Å². The highest BCUT2D eigenvalue weighted by molar-refractivity contribution is 7.98. The zero-order chi connectivity index (χ0) is 30.3. The van der Waals surface area contributed by atoms with Crippen molar-refractivity contribution in [3.63, 3.8) is 0 Å². The molecule has 2 heterocycles. The Labute approximate surface area is 254 Å². The predicted octanol–water partition coefficient (Wildman–Crippen LogP) is 7.03. The lowest BCUT2D eigenvalue weighted by molar-refractivity contribution is 0.0137. The summed E-state index contributed by atoms with van der Waals surface area (Å²) in [5.41, 5.74) is 4.84. The second-order valence-electron chi connectivity index (χ2n) is 11.4. The number of anilines is 2. The first-order valence-corrected chi connectivity index (χ1v) is 15.6. The van der Waals surface area contributed by atoms with Crippen molar-refractivity contribution in [1.82, 2.24) is 14.9 Å². The van der Waals surface area contributed by atoms with Gasteiger partial charge in [-0.1, -0.05) is 60.3 Å². The van der Waals surface area contributed by atoms with E-state index in [2.05, 4.69) is 71.2 Å². The molecule has 0 bridgehead atoms. The van der Waals surface area contributed by atoms with Crippen molar-refractivity contribution < 1.29 is 14.3 Å². The van der Waals surface area contributed by atoms with Crippen molar-refractivity contribution >= 4 is 35.1 Å². The standard InChI is InChI=1S/C33H43N5O3S/c1-8-28-27-22-34-31(42-7)35-30(27)36(5)19-20-38(28)26-16-12-13-24(21-26)23-40-29(25-14-10-9-11-15-25)17-18-37(6)32(39)41-33(2,3)4/h8-16,21-22,29H,17-20,23H2,1-7H3/b28-8+. The summed E-state index contributed by atoms with van der Waals surface area (Å²) in [6.07, 6.45) is 6.21. The topological polar surface area (TPSA) is 71.0 Å². The summed E-state index contributed by atoms with van der Waals surface area (Å²) in [6, 6.07) is 18.7. The number of ether oxygens (including phenoxy) is 2. The maximum atomic E-state index is 12.5. The molecule has 42 heavy (non-hydrogen) atoms. The first-order chi connectivity index (χ1) is 20.1. The van der Waals surface area contributed by atoms with Crippen LogP contribution in [0.15, 0.2) is 72.0 Å². The molecule has 224 valence electrons. The Balaban J connectivity index is 1.50. The van der Waals surface area contributed by atoms with E-state index in [0.29, 0.717) is 19.6 Å². The fraction of sp³-hybridized carbons (Fsp3) is 0.424. The summed E-state index contributed by atoms with van der Waals surface area (Å²) >= 11 is 1.55. The maximum absolute atomic E-state index is 12.5. The minimum Gasteiger partial charge on any atom is -0.444 e. The van der Waals surface area contributed by atoms with Gasteiger partial charge in [-0.05, 0) is 63.6 Å². The van der Waals surface area contributed by atoms with E-state index in [-0.39, 0.29) is 12.2 Å². The van der Waals surface area contributed by atoms with Gasteiger partial charge in [0.25, 0.3) is 0 Å². The minimum absolute atomic E-state index is 0.174. The number of rotatable bonds is 9. The number of carbonyl (C=O) groups is 1. The molecule has 2 aromatic carbocycles. The molecule has 1 amide bonds. The third-order valence-corrected chi connectivity index (χ3v) is 7.63. The first kappa shape index (κ1) is 31.4. The summed E-state index contributed by atoms with van der Waals surface area (Å²) in [5.74, 6) is 0.950. The number of hydrogen-bond donors (Lipinski definition) is 0. The van der Waals surface area contributed by atoms with Crippen LogP contribution in [0.4, 0.5) is 16.3 Å². The van der Waals surface area contributed by atoms with Gasteiger partial charge in [-0.2, -0.15) is 0 Å². The van der Waals surface area contributed by atoms with Crippen LogP contribution < -0.4 is 9.80 Å². The molecule has 0 spiro atoms. The van der Waals surface area contributed by atoms with Crippen molar-refractivity contribution in [3.8, 4) is 0 Å². The number of thioether (sulfide) groups is 1. The second-order valence-corrected chi connectivity index (χ2v) is 12.2. The van der Waals surface area contributed by atoms with Gasteiger partial charge in [-0.3, -0.25) is 0 Å². The Morgan fingerprint density at radius 1 is 1.14 bits per heavy atom. The number of fused-ring (bicyclic) bond motifs is 1. The van der Waals surface area contributed by atoms with Gasteiger partial charge in [0.2, 0.25) is 0 Å². The SMILES string of the molecule is C/C=C1\c2cnc(SC)nc2N(C)CCN1c1cccc(COC(CCN(C)C(=O)OC(C)(C)C)c2ccccc2)c1. The lowest BCUT2D eigenvalue weighted by Crippen LogP contribution is -2.35. The first-order valence-electron chi connectivity index (χ1n) is 14.4. The molecule has 1 unspecified atom stereocenters. The molecule has 8 nitrogen and oxygen atoms in total. The Morgan fingerprint density at radius 3 is 2.60 bits per heavy atom. The lowest BCUT2D eigenvalue weighted by Gasteiger charge is -2.27. The zero-order valence-corrected chi connectivity index (χ0v) is 26.6. The molecule has 1 aromatic heterocycles. The van der Waals surface area contributed by atoms with Crippen LogP contribution in [0.1, 0.15) is 56.9 Å². The molecule has 0 fully saturated rings. The van der Waals surface area contributed by atoms with Crippen molar-refractivity contribution in [2.75, 3.05) is 49.8 Å². The van der Waals surface area contributed by atoms with Gasteiger partial charge in [-0.25, -0.2) is 14.8 Å². The van der Waals surface area contributed by atoms with E-state index in [0.717, 1.165) is 52.1 Å². The van der Waals surface area contributed by atoms with Crippen molar-refractivity contribution in [3.05, 3.63) is 83.6 Å². The number of benzene rings is 2. The number of carbonyl (C=O) groups excluding carboxylic acids is 1. The van der Waals surface area contributed by atoms with Gasteiger partial charge < -0.3 is 24.2 Å². The van der Waals surface area contributed by atoms with E-state index >= 15 is 0 Å². The highest BCUT2D eigenvalue weighted by Crippen LogP contribution is 2.35. The third-order valence-electron chi connectivity index (χ3n) is 7.07.